The summed E-state index contributed by atoms with van der Waals surface area (Å²) >= 11 is 0. The molecule has 29 heavy (non-hydrogen) atoms. The van der Waals surface area contributed by atoms with Crippen LogP contribution < -0.4 is 4.90 Å². The van der Waals surface area contributed by atoms with Gasteiger partial charge in [0.05, 0.1) is 11.8 Å². The highest BCUT2D eigenvalue weighted by Gasteiger charge is 2.67. The van der Waals surface area contributed by atoms with E-state index >= 15 is 0 Å². The molecule has 0 radical (unpaired) electrons. The molecule has 6 rings (SSSR count). The number of imide groups is 1. The van der Waals surface area contributed by atoms with Crippen LogP contribution in [0.4, 0.5) is 18.9 Å². The van der Waals surface area contributed by atoms with Gasteiger partial charge in [0.15, 0.2) is 0 Å². The normalized spacial score (nSPS) is 34.3. The summed E-state index contributed by atoms with van der Waals surface area (Å²) in [6, 6.07) is 6.03. The van der Waals surface area contributed by atoms with E-state index in [1.165, 1.54) is 18.2 Å². The van der Waals surface area contributed by atoms with Crippen molar-refractivity contribution in [2.45, 2.75) is 19.5 Å². The third-order valence-electron chi connectivity index (χ3n) is 6.84. The van der Waals surface area contributed by atoms with Gasteiger partial charge in [-0.1, -0.05) is 24.3 Å². The molecule has 5 nitrogen and oxygen atoms in total. The van der Waals surface area contributed by atoms with Gasteiger partial charge in [0.2, 0.25) is 11.8 Å². The number of aryl methyl sites for hydroxylation is 1. The molecule has 0 aromatic heterocycles. The minimum Gasteiger partial charge on any atom is -0.286 e. The molecule has 0 unspecified atom stereocenters. The van der Waals surface area contributed by atoms with Crippen LogP contribution in [0.2, 0.25) is 0 Å². The highest BCUT2D eigenvalue weighted by Crippen LogP contribution is 2.65. The van der Waals surface area contributed by atoms with Crippen LogP contribution in [0.5, 0.6) is 0 Å². The molecule has 5 aliphatic rings. The molecule has 2 saturated carbocycles. The van der Waals surface area contributed by atoms with E-state index in [2.05, 4.69) is 0 Å². The number of hydrogen-bond acceptors (Lipinski definition) is 3. The molecule has 3 fully saturated rings. The molecule has 0 spiro atoms. The first kappa shape index (κ1) is 18.4. The van der Waals surface area contributed by atoms with Crippen molar-refractivity contribution in [1.29, 1.82) is 0 Å². The Morgan fingerprint density at radius 3 is 2.21 bits per heavy atom. The van der Waals surface area contributed by atoms with E-state index in [1.807, 2.05) is 12.2 Å². The van der Waals surface area contributed by atoms with Crippen LogP contribution in [0.3, 0.4) is 0 Å². The predicted molar refractivity (Wildman–Crippen MR) is 96.1 cm³/mol. The molecule has 4 aliphatic carbocycles. The van der Waals surface area contributed by atoms with E-state index in [0.717, 1.165) is 11.3 Å². The van der Waals surface area contributed by atoms with Crippen molar-refractivity contribution in [2.75, 3.05) is 11.6 Å². The Bertz CT molecular complexity index is 921. The van der Waals surface area contributed by atoms with Gasteiger partial charge >= 0.3 is 12.1 Å². The van der Waals surface area contributed by atoms with Crippen LogP contribution in [0.25, 0.3) is 0 Å². The molecule has 1 aliphatic heterocycles. The molecular weight excluding hydrogens is 385 g/mol. The van der Waals surface area contributed by atoms with Gasteiger partial charge in [-0.15, -0.1) is 0 Å². The van der Waals surface area contributed by atoms with E-state index in [1.54, 1.807) is 13.0 Å². The average molecular weight is 404 g/mol. The molecule has 3 amide bonds. The zero-order valence-corrected chi connectivity index (χ0v) is 15.6. The summed E-state index contributed by atoms with van der Waals surface area (Å²) in [6.07, 6.45) is -0.135. The van der Waals surface area contributed by atoms with Crippen molar-refractivity contribution < 1.29 is 27.6 Å². The number of benzene rings is 1. The second-order valence-electron chi connectivity index (χ2n) is 8.47. The average Bonchev–Trinajstić information content (AvgIpc) is 3.44. The van der Waals surface area contributed by atoms with E-state index in [9.17, 15) is 27.6 Å². The molecule has 1 aromatic carbocycles. The van der Waals surface area contributed by atoms with E-state index in [-0.39, 0.29) is 17.5 Å². The van der Waals surface area contributed by atoms with E-state index in [4.69, 9.17) is 0 Å². The lowest BCUT2D eigenvalue weighted by Gasteiger charge is -2.37. The number of nitrogens with zero attached hydrogens (tertiary/aromatic N) is 2. The Kier molecular flexibility index (Phi) is 3.76. The number of allylic oxidation sites excluding steroid dienone is 2. The Balaban J connectivity index is 1.47. The van der Waals surface area contributed by atoms with Crippen molar-refractivity contribution in [3.63, 3.8) is 0 Å². The molecule has 0 N–H and O–H groups in total. The third kappa shape index (κ3) is 2.64. The number of alkyl halides is 3. The van der Waals surface area contributed by atoms with Gasteiger partial charge in [0.1, 0.15) is 6.67 Å². The highest BCUT2D eigenvalue weighted by molar-refractivity contribution is 6.07. The number of rotatable bonds is 3. The van der Waals surface area contributed by atoms with E-state index in [0.29, 0.717) is 22.3 Å². The second kappa shape index (κ2) is 5.93. The smallest absolute Gasteiger partial charge is 0.286 e. The number of halogens is 3. The SMILES string of the molecule is Cc1cccc(N(CN2C(=O)[C@H]3[C@@H]4C=C[C@H]([C@@H]5C[C@H]45)[C@@H]3C2=O)C(=O)C(F)(F)F)c1. The number of carbonyl (C=O) groups is 3. The lowest BCUT2D eigenvalue weighted by molar-refractivity contribution is -0.171. The lowest BCUT2D eigenvalue weighted by Crippen LogP contribution is -2.49. The lowest BCUT2D eigenvalue weighted by atomic mass is 9.63. The Morgan fingerprint density at radius 1 is 1.10 bits per heavy atom. The van der Waals surface area contributed by atoms with Gasteiger partial charge in [0.25, 0.3) is 0 Å². The molecule has 1 saturated heterocycles. The first-order chi connectivity index (χ1) is 13.7. The van der Waals surface area contributed by atoms with Crippen molar-refractivity contribution >= 4 is 23.4 Å². The highest BCUT2D eigenvalue weighted by atomic mass is 19.4. The van der Waals surface area contributed by atoms with Crippen molar-refractivity contribution in [2.24, 2.45) is 35.5 Å². The summed E-state index contributed by atoms with van der Waals surface area (Å²) in [4.78, 5) is 39.6. The summed E-state index contributed by atoms with van der Waals surface area (Å²) in [5, 5.41) is 0. The quantitative estimate of drug-likeness (QED) is 0.575. The Morgan fingerprint density at radius 2 is 1.69 bits per heavy atom. The van der Waals surface area contributed by atoms with Crippen LogP contribution in [-0.4, -0.2) is 35.5 Å². The topological polar surface area (TPSA) is 57.7 Å². The van der Waals surface area contributed by atoms with Crippen LogP contribution in [0, 0.1) is 42.4 Å². The minimum absolute atomic E-state index is 0.00624. The maximum absolute atomic E-state index is 13.3. The van der Waals surface area contributed by atoms with Gasteiger partial charge in [-0.3, -0.25) is 24.2 Å². The molecule has 2 bridgehead atoms. The number of anilines is 1. The number of likely N-dealkylation sites (tertiary alicyclic amines) is 1. The summed E-state index contributed by atoms with van der Waals surface area (Å²) in [6.45, 7) is 0.970. The second-order valence-corrected chi connectivity index (χ2v) is 8.47. The van der Waals surface area contributed by atoms with Gasteiger partial charge in [-0.25, -0.2) is 0 Å². The molecular formula is C21H19F3N2O3. The molecule has 6 atom stereocenters. The van der Waals surface area contributed by atoms with Crippen LogP contribution in [0.15, 0.2) is 36.4 Å². The summed E-state index contributed by atoms with van der Waals surface area (Å²) < 4.78 is 39.8. The standard InChI is InChI=1S/C21H19F3N2O3/c1-10-3-2-4-11(7-10)25(20(29)21(22,23)24)9-26-18(27)16-12-5-6-13(15-8-14(12)15)17(16)19(26)28/h2-7,12-17H,8-9H2,1H3/t12-,13-,14-,15+,16+,17+/m1/s1. The number of hydrogen-bond donors (Lipinski definition) is 0. The zero-order chi connectivity index (χ0) is 20.7. The monoisotopic (exact) mass is 404 g/mol. The number of carbonyl (C=O) groups excluding carboxylic acids is 3. The fourth-order valence-electron chi connectivity index (χ4n) is 5.51. The largest absolute Gasteiger partial charge is 0.471 e. The van der Waals surface area contributed by atoms with Gasteiger partial charge in [-0.2, -0.15) is 13.2 Å². The van der Waals surface area contributed by atoms with Crippen molar-refractivity contribution in [1.82, 2.24) is 4.90 Å². The Hall–Kier alpha value is -2.64. The summed E-state index contributed by atoms with van der Waals surface area (Å²) in [7, 11) is 0. The summed E-state index contributed by atoms with van der Waals surface area (Å²) in [5.74, 6) is -3.30. The van der Waals surface area contributed by atoms with E-state index < -0.39 is 42.4 Å². The molecule has 8 heteroatoms. The van der Waals surface area contributed by atoms with Crippen LogP contribution in [-0.2, 0) is 14.4 Å². The zero-order valence-electron chi connectivity index (χ0n) is 15.6. The van der Waals surface area contributed by atoms with Crippen molar-refractivity contribution in [3.8, 4) is 0 Å². The molecule has 1 heterocycles. The maximum Gasteiger partial charge on any atom is 0.471 e. The van der Waals surface area contributed by atoms with Crippen LogP contribution in [0.1, 0.15) is 12.0 Å². The van der Waals surface area contributed by atoms with Gasteiger partial charge in [0, 0.05) is 5.69 Å². The number of amides is 3. The molecule has 152 valence electrons. The first-order valence-corrected chi connectivity index (χ1v) is 9.67. The molecule has 1 aromatic rings. The predicted octanol–water partition coefficient (Wildman–Crippen LogP) is 2.90. The summed E-state index contributed by atoms with van der Waals surface area (Å²) in [5.41, 5.74) is 0.671. The minimum atomic E-state index is -5.12. The Labute approximate surface area is 165 Å². The van der Waals surface area contributed by atoms with Gasteiger partial charge in [-0.05, 0) is 54.7 Å². The van der Waals surface area contributed by atoms with Gasteiger partial charge < -0.3 is 0 Å². The first-order valence-electron chi connectivity index (χ1n) is 9.67. The fraction of sp³-hybridized carbons (Fsp3) is 0.476. The van der Waals surface area contributed by atoms with Crippen molar-refractivity contribution in [3.05, 3.63) is 42.0 Å². The third-order valence-corrected chi connectivity index (χ3v) is 6.84. The fourth-order valence-corrected chi connectivity index (χ4v) is 5.51. The maximum atomic E-state index is 13.3. The van der Waals surface area contributed by atoms with Crippen LogP contribution >= 0.6 is 0 Å².